The Bertz CT molecular complexity index is 1590. The van der Waals surface area contributed by atoms with Crippen LogP contribution < -0.4 is 14.2 Å². The van der Waals surface area contributed by atoms with Crippen LogP contribution >= 0.6 is 11.3 Å². The second-order valence-corrected chi connectivity index (χ2v) is 9.72. The van der Waals surface area contributed by atoms with Crippen LogP contribution in [0.15, 0.2) is 71.8 Å². The van der Waals surface area contributed by atoms with Crippen LogP contribution in [0.1, 0.15) is 0 Å². The zero-order valence-electron chi connectivity index (χ0n) is 19.0. The highest BCUT2D eigenvalue weighted by Crippen LogP contribution is 2.37. The van der Waals surface area contributed by atoms with Crippen LogP contribution in [0, 0.1) is 11.6 Å². The number of methoxy groups -OCH3 is 2. The second-order valence-electron chi connectivity index (χ2n) is 7.56. The SMILES string of the molecule is COc1nnc(NS(=O)c2ccc3c(-c4ccc(-c5cc(F)cc(F)c5)cc4OC)nccc3c2)s1. The minimum atomic E-state index is -1.57. The molecule has 2 aromatic heterocycles. The van der Waals surface area contributed by atoms with Gasteiger partial charge in [0, 0.05) is 23.2 Å². The third-order valence-electron chi connectivity index (χ3n) is 5.36. The molecular weight excluding hydrogens is 506 g/mol. The van der Waals surface area contributed by atoms with Crippen molar-refractivity contribution in [2.24, 2.45) is 0 Å². The summed E-state index contributed by atoms with van der Waals surface area (Å²) >= 11 is 1.15. The van der Waals surface area contributed by atoms with Gasteiger partial charge in [-0.3, -0.25) is 9.71 Å². The predicted octanol–water partition coefficient (Wildman–Crippen LogP) is 5.85. The van der Waals surface area contributed by atoms with Crippen molar-refractivity contribution in [2.45, 2.75) is 4.90 Å². The number of rotatable bonds is 7. The second kappa shape index (κ2) is 9.96. The number of nitrogens with zero attached hydrogens (tertiary/aromatic N) is 3. The highest BCUT2D eigenvalue weighted by molar-refractivity contribution is 7.86. The average molecular weight is 525 g/mol. The van der Waals surface area contributed by atoms with E-state index in [1.165, 1.54) is 26.4 Å². The number of fused-ring (bicyclic) bond motifs is 1. The van der Waals surface area contributed by atoms with Crippen LogP contribution in [0.5, 0.6) is 10.9 Å². The standard InChI is InChI=1S/C25H18F2N4O3S2/c1-33-22-12-14(16-9-17(26)13-18(27)10-16)3-5-21(22)23-20-6-4-19(11-15(20)7-8-28-23)36(32)31-24-29-30-25(34-2)35-24/h3-13H,1-2H3,(H,29,31). The van der Waals surface area contributed by atoms with Gasteiger partial charge in [0.1, 0.15) is 17.4 Å². The number of aromatic nitrogens is 3. The molecule has 2 heterocycles. The summed E-state index contributed by atoms with van der Waals surface area (Å²) in [5, 5.41) is 10.1. The first-order valence-electron chi connectivity index (χ1n) is 10.5. The van der Waals surface area contributed by atoms with Gasteiger partial charge in [-0.1, -0.05) is 17.2 Å². The fourth-order valence-electron chi connectivity index (χ4n) is 3.74. The molecule has 11 heteroatoms. The normalized spacial score (nSPS) is 11.9. The number of benzene rings is 3. The average Bonchev–Trinajstić information content (AvgIpc) is 3.34. The van der Waals surface area contributed by atoms with Gasteiger partial charge in [0.25, 0.3) is 5.19 Å². The maximum absolute atomic E-state index is 13.7. The number of anilines is 1. The molecule has 0 saturated heterocycles. The molecule has 0 spiro atoms. The largest absolute Gasteiger partial charge is 0.496 e. The Labute approximate surface area is 211 Å². The molecule has 5 aromatic rings. The van der Waals surface area contributed by atoms with Crippen LogP contribution in [0.25, 0.3) is 33.2 Å². The Morgan fingerprint density at radius 1 is 0.889 bits per heavy atom. The van der Waals surface area contributed by atoms with Gasteiger partial charge in [-0.15, -0.1) is 5.10 Å². The van der Waals surface area contributed by atoms with Crippen LogP contribution in [-0.4, -0.2) is 33.6 Å². The van der Waals surface area contributed by atoms with Gasteiger partial charge < -0.3 is 9.47 Å². The van der Waals surface area contributed by atoms with Gasteiger partial charge in [0.2, 0.25) is 5.13 Å². The smallest absolute Gasteiger partial charge is 0.295 e. The molecule has 0 fully saturated rings. The van der Waals surface area contributed by atoms with Crippen molar-refractivity contribution in [1.29, 1.82) is 0 Å². The lowest BCUT2D eigenvalue weighted by Crippen LogP contribution is -2.04. The van der Waals surface area contributed by atoms with Crippen molar-refractivity contribution >= 4 is 38.2 Å². The van der Waals surface area contributed by atoms with E-state index in [-0.39, 0.29) is 0 Å². The van der Waals surface area contributed by atoms with E-state index in [0.717, 1.165) is 28.2 Å². The molecule has 182 valence electrons. The van der Waals surface area contributed by atoms with Gasteiger partial charge in [-0.25, -0.2) is 13.0 Å². The van der Waals surface area contributed by atoms with Crippen molar-refractivity contribution in [1.82, 2.24) is 15.2 Å². The van der Waals surface area contributed by atoms with E-state index in [4.69, 9.17) is 9.47 Å². The summed E-state index contributed by atoms with van der Waals surface area (Å²) in [6, 6.07) is 15.8. The molecule has 7 nitrogen and oxygen atoms in total. The third-order valence-corrected chi connectivity index (χ3v) is 7.35. The maximum atomic E-state index is 13.7. The number of halogens is 2. The lowest BCUT2D eigenvalue weighted by Gasteiger charge is -2.13. The first kappa shape index (κ1) is 23.8. The van der Waals surface area contributed by atoms with Crippen LogP contribution in [0.3, 0.4) is 0 Å². The van der Waals surface area contributed by atoms with E-state index in [0.29, 0.717) is 43.4 Å². The topological polar surface area (TPSA) is 86.2 Å². The minimum Gasteiger partial charge on any atom is -0.496 e. The number of pyridine rings is 1. The maximum Gasteiger partial charge on any atom is 0.295 e. The molecule has 0 bridgehead atoms. The summed E-state index contributed by atoms with van der Waals surface area (Å²) in [4.78, 5) is 5.09. The monoisotopic (exact) mass is 524 g/mol. The van der Waals surface area contributed by atoms with E-state index >= 15 is 0 Å². The lowest BCUT2D eigenvalue weighted by molar-refractivity contribution is 0.407. The summed E-state index contributed by atoms with van der Waals surface area (Å²) in [5.41, 5.74) is 2.36. The molecule has 1 atom stereocenters. The summed E-state index contributed by atoms with van der Waals surface area (Å²) in [7, 11) is 1.44. The van der Waals surface area contributed by atoms with Crippen molar-refractivity contribution < 1.29 is 22.5 Å². The number of ether oxygens (including phenoxy) is 2. The van der Waals surface area contributed by atoms with Crippen molar-refractivity contribution in [3.05, 3.63) is 78.5 Å². The minimum absolute atomic E-state index is 0.367. The first-order valence-corrected chi connectivity index (χ1v) is 12.5. The Balaban J connectivity index is 1.50. The number of hydrogen-bond donors (Lipinski definition) is 1. The summed E-state index contributed by atoms with van der Waals surface area (Å²) in [5.74, 6) is -0.815. The van der Waals surface area contributed by atoms with E-state index in [9.17, 15) is 13.0 Å². The fraction of sp³-hybridized carbons (Fsp3) is 0.0800. The highest BCUT2D eigenvalue weighted by Gasteiger charge is 2.15. The van der Waals surface area contributed by atoms with E-state index in [1.807, 2.05) is 12.1 Å². The Hall–Kier alpha value is -3.96. The molecule has 36 heavy (non-hydrogen) atoms. The zero-order valence-corrected chi connectivity index (χ0v) is 20.6. The van der Waals surface area contributed by atoms with Gasteiger partial charge in [-0.2, -0.15) is 0 Å². The van der Waals surface area contributed by atoms with Crippen molar-refractivity contribution in [3.63, 3.8) is 0 Å². The van der Waals surface area contributed by atoms with Crippen LogP contribution in [-0.2, 0) is 11.0 Å². The van der Waals surface area contributed by atoms with Gasteiger partial charge in [0.15, 0.2) is 11.0 Å². The molecule has 0 aliphatic heterocycles. The van der Waals surface area contributed by atoms with Gasteiger partial charge >= 0.3 is 0 Å². The molecule has 0 saturated carbocycles. The molecule has 3 aromatic carbocycles. The Morgan fingerprint density at radius 2 is 1.69 bits per heavy atom. The molecule has 0 aliphatic rings. The molecule has 5 rings (SSSR count). The first-order chi connectivity index (χ1) is 17.4. The van der Waals surface area contributed by atoms with E-state index in [2.05, 4.69) is 19.9 Å². The summed E-state index contributed by atoms with van der Waals surface area (Å²) in [6.45, 7) is 0. The number of hydrogen-bond acceptors (Lipinski definition) is 7. The highest BCUT2D eigenvalue weighted by atomic mass is 32.2. The van der Waals surface area contributed by atoms with Crippen LogP contribution in [0.2, 0.25) is 0 Å². The third kappa shape index (κ3) is 4.75. The molecule has 0 radical (unpaired) electrons. The Kier molecular flexibility index (Phi) is 6.57. The van der Waals surface area contributed by atoms with Crippen molar-refractivity contribution in [2.75, 3.05) is 18.9 Å². The molecule has 0 amide bonds. The molecular formula is C25H18F2N4O3S2. The lowest BCUT2D eigenvalue weighted by atomic mass is 9.99. The fourth-order valence-corrected chi connectivity index (χ4v) is 5.29. The van der Waals surface area contributed by atoms with Gasteiger partial charge in [0.05, 0.1) is 24.8 Å². The molecule has 1 N–H and O–H groups in total. The molecule has 0 aliphatic carbocycles. The van der Waals surface area contributed by atoms with Gasteiger partial charge in [-0.05, 0) is 70.3 Å². The van der Waals surface area contributed by atoms with Crippen LogP contribution in [0.4, 0.5) is 13.9 Å². The summed E-state index contributed by atoms with van der Waals surface area (Å²) in [6.07, 6.45) is 1.66. The number of nitrogens with one attached hydrogen (secondary N) is 1. The Morgan fingerprint density at radius 3 is 2.42 bits per heavy atom. The zero-order chi connectivity index (χ0) is 25.2. The van der Waals surface area contributed by atoms with Crippen molar-refractivity contribution in [3.8, 4) is 33.3 Å². The van der Waals surface area contributed by atoms with E-state index < -0.39 is 22.6 Å². The quantitative estimate of drug-likeness (QED) is 0.287. The molecule has 1 unspecified atom stereocenters. The predicted molar refractivity (Wildman–Crippen MR) is 136 cm³/mol. The van der Waals surface area contributed by atoms with E-state index in [1.54, 1.807) is 36.5 Å². The summed E-state index contributed by atoms with van der Waals surface area (Å²) < 4.78 is 53.7.